The number of hydrogen-bond donors (Lipinski definition) is 2. The number of ether oxygens (including phenoxy) is 2. The first kappa shape index (κ1) is 15.9. The summed E-state index contributed by atoms with van der Waals surface area (Å²) in [6, 6.07) is 4.19. The molecular weight excluding hydrogens is 242 g/mol. The quantitative estimate of drug-likeness (QED) is 0.709. The maximum absolute atomic E-state index is 5.32. The molecule has 5 nitrogen and oxygen atoms in total. The maximum atomic E-state index is 5.32. The maximum Gasteiger partial charge on any atom is 0.126 e. The molecule has 0 aliphatic heterocycles. The summed E-state index contributed by atoms with van der Waals surface area (Å²) >= 11 is 0. The Labute approximate surface area is 115 Å². The topological polar surface area (TPSA) is 55.4 Å². The Hall–Kier alpha value is -1.17. The molecule has 0 fully saturated rings. The standard InChI is InChI=1S/C14H25N3O2/c1-5-12-6-11(8-15-2)7-14(17-12)16-9-13(19-4)10-18-3/h6-7,13,15H,5,8-10H2,1-4H3,(H,16,17). The minimum absolute atomic E-state index is 0.0323. The first-order chi connectivity index (χ1) is 9.23. The van der Waals surface area contributed by atoms with E-state index in [2.05, 4.69) is 34.7 Å². The predicted molar refractivity (Wildman–Crippen MR) is 77.5 cm³/mol. The van der Waals surface area contributed by atoms with Gasteiger partial charge in [-0.2, -0.15) is 0 Å². The van der Waals surface area contributed by atoms with Crippen molar-refractivity contribution >= 4 is 5.82 Å². The highest BCUT2D eigenvalue weighted by Crippen LogP contribution is 2.11. The van der Waals surface area contributed by atoms with Crippen LogP contribution in [0.2, 0.25) is 0 Å². The summed E-state index contributed by atoms with van der Waals surface area (Å²) in [5.41, 5.74) is 2.33. The van der Waals surface area contributed by atoms with Crippen LogP contribution >= 0.6 is 0 Å². The van der Waals surface area contributed by atoms with Gasteiger partial charge in [-0.15, -0.1) is 0 Å². The van der Waals surface area contributed by atoms with Crippen LogP contribution in [-0.2, 0) is 22.4 Å². The number of hydrogen-bond acceptors (Lipinski definition) is 5. The van der Waals surface area contributed by atoms with Crippen molar-refractivity contribution in [3.05, 3.63) is 23.4 Å². The summed E-state index contributed by atoms with van der Waals surface area (Å²) < 4.78 is 10.4. The van der Waals surface area contributed by atoms with E-state index in [0.717, 1.165) is 24.5 Å². The molecular formula is C14H25N3O2. The number of aromatic nitrogens is 1. The van der Waals surface area contributed by atoms with Crippen molar-refractivity contribution in [1.29, 1.82) is 0 Å². The molecule has 1 rings (SSSR count). The number of aryl methyl sites for hydroxylation is 1. The Kier molecular flexibility index (Phi) is 7.40. The molecule has 0 radical (unpaired) electrons. The van der Waals surface area contributed by atoms with Gasteiger partial charge in [0.1, 0.15) is 5.82 Å². The summed E-state index contributed by atoms with van der Waals surface area (Å²) in [5.74, 6) is 0.891. The summed E-state index contributed by atoms with van der Waals surface area (Å²) in [6.45, 7) is 4.21. The van der Waals surface area contributed by atoms with Gasteiger partial charge in [-0.3, -0.25) is 0 Å². The fourth-order valence-corrected chi connectivity index (χ4v) is 1.84. The zero-order chi connectivity index (χ0) is 14.1. The van der Waals surface area contributed by atoms with Crippen LogP contribution in [0, 0.1) is 0 Å². The highest BCUT2D eigenvalue weighted by Gasteiger charge is 2.08. The zero-order valence-corrected chi connectivity index (χ0v) is 12.3. The lowest BCUT2D eigenvalue weighted by atomic mass is 10.2. The van der Waals surface area contributed by atoms with Crippen molar-refractivity contribution in [3.8, 4) is 0 Å². The average Bonchev–Trinajstić information content (AvgIpc) is 2.43. The van der Waals surface area contributed by atoms with E-state index in [-0.39, 0.29) is 6.10 Å². The molecule has 1 aromatic heterocycles. The van der Waals surface area contributed by atoms with Gasteiger partial charge in [-0.25, -0.2) is 4.98 Å². The van der Waals surface area contributed by atoms with Crippen molar-refractivity contribution in [2.75, 3.05) is 39.7 Å². The van der Waals surface area contributed by atoms with Crippen LogP contribution in [0.1, 0.15) is 18.2 Å². The molecule has 108 valence electrons. The molecule has 0 amide bonds. The van der Waals surface area contributed by atoms with Gasteiger partial charge in [0.15, 0.2) is 0 Å². The number of nitrogens with zero attached hydrogens (tertiary/aromatic N) is 1. The molecule has 0 saturated carbocycles. The molecule has 0 bridgehead atoms. The molecule has 0 spiro atoms. The molecule has 1 unspecified atom stereocenters. The summed E-state index contributed by atoms with van der Waals surface area (Å²) in [7, 11) is 5.30. The number of anilines is 1. The molecule has 5 heteroatoms. The van der Waals surface area contributed by atoms with Crippen LogP contribution in [-0.4, -0.2) is 45.5 Å². The van der Waals surface area contributed by atoms with Crippen LogP contribution in [0.15, 0.2) is 12.1 Å². The number of methoxy groups -OCH3 is 2. The fraction of sp³-hybridized carbons (Fsp3) is 0.643. The Bertz CT molecular complexity index is 372. The lowest BCUT2D eigenvalue weighted by molar-refractivity contribution is 0.0365. The Morgan fingerprint density at radius 2 is 2.11 bits per heavy atom. The Morgan fingerprint density at radius 1 is 1.32 bits per heavy atom. The SMILES string of the molecule is CCc1cc(CNC)cc(NCC(COC)OC)n1. The fourth-order valence-electron chi connectivity index (χ4n) is 1.84. The van der Waals surface area contributed by atoms with Crippen molar-refractivity contribution in [2.45, 2.75) is 26.0 Å². The van der Waals surface area contributed by atoms with Crippen LogP contribution in [0.4, 0.5) is 5.82 Å². The van der Waals surface area contributed by atoms with Crippen LogP contribution in [0.5, 0.6) is 0 Å². The van der Waals surface area contributed by atoms with Crippen LogP contribution in [0.25, 0.3) is 0 Å². The number of rotatable bonds is 9. The third-order valence-corrected chi connectivity index (χ3v) is 2.88. The van der Waals surface area contributed by atoms with Gasteiger partial charge in [0.2, 0.25) is 0 Å². The van der Waals surface area contributed by atoms with E-state index >= 15 is 0 Å². The molecule has 0 aliphatic carbocycles. The molecule has 1 atom stereocenters. The second kappa shape index (κ2) is 8.85. The third-order valence-electron chi connectivity index (χ3n) is 2.88. The van der Waals surface area contributed by atoms with Gasteiger partial charge >= 0.3 is 0 Å². The van der Waals surface area contributed by atoms with Crippen molar-refractivity contribution < 1.29 is 9.47 Å². The smallest absolute Gasteiger partial charge is 0.126 e. The molecule has 1 aromatic rings. The Balaban J connectivity index is 2.67. The molecule has 1 heterocycles. The monoisotopic (exact) mass is 267 g/mol. The zero-order valence-electron chi connectivity index (χ0n) is 12.3. The average molecular weight is 267 g/mol. The second-order valence-electron chi connectivity index (χ2n) is 4.43. The van der Waals surface area contributed by atoms with Gasteiger partial charge in [0.25, 0.3) is 0 Å². The lowest BCUT2D eigenvalue weighted by Gasteiger charge is -2.16. The molecule has 0 aliphatic rings. The molecule has 0 saturated heterocycles. The van der Waals surface area contributed by atoms with Gasteiger partial charge in [0, 0.05) is 33.0 Å². The summed E-state index contributed by atoms with van der Waals surface area (Å²) in [6.07, 6.45) is 0.961. The number of pyridine rings is 1. The van der Waals surface area contributed by atoms with E-state index in [0.29, 0.717) is 13.2 Å². The highest BCUT2D eigenvalue weighted by atomic mass is 16.5. The van der Waals surface area contributed by atoms with Crippen LogP contribution in [0.3, 0.4) is 0 Å². The minimum Gasteiger partial charge on any atom is -0.382 e. The second-order valence-corrected chi connectivity index (χ2v) is 4.43. The first-order valence-electron chi connectivity index (χ1n) is 6.63. The van der Waals surface area contributed by atoms with Crippen LogP contribution < -0.4 is 10.6 Å². The van der Waals surface area contributed by atoms with E-state index in [4.69, 9.17) is 9.47 Å². The molecule has 19 heavy (non-hydrogen) atoms. The number of nitrogens with one attached hydrogen (secondary N) is 2. The predicted octanol–water partition coefficient (Wildman–Crippen LogP) is 1.44. The first-order valence-corrected chi connectivity index (χ1v) is 6.63. The molecule has 0 aromatic carbocycles. The van der Waals surface area contributed by atoms with E-state index in [9.17, 15) is 0 Å². The van der Waals surface area contributed by atoms with Gasteiger partial charge in [-0.1, -0.05) is 6.92 Å². The highest BCUT2D eigenvalue weighted by molar-refractivity contribution is 5.40. The van der Waals surface area contributed by atoms with E-state index in [1.807, 2.05) is 7.05 Å². The van der Waals surface area contributed by atoms with E-state index < -0.39 is 0 Å². The third kappa shape index (κ3) is 5.55. The van der Waals surface area contributed by atoms with E-state index in [1.54, 1.807) is 14.2 Å². The molecule has 2 N–H and O–H groups in total. The summed E-state index contributed by atoms with van der Waals surface area (Å²) in [4.78, 5) is 4.57. The lowest BCUT2D eigenvalue weighted by Crippen LogP contribution is -2.27. The van der Waals surface area contributed by atoms with Gasteiger partial charge in [0.05, 0.1) is 12.7 Å². The Morgan fingerprint density at radius 3 is 2.68 bits per heavy atom. The summed E-state index contributed by atoms with van der Waals surface area (Å²) in [5, 5.41) is 6.47. The largest absolute Gasteiger partial charge is 0.382 e. The van der Waals surface area contributed by atoms with Crippen molar-refractivity contribution in [1.82, 2.24) is 10.3 Å². The van der Waals surface area contributed by atoms with Gasteiger partial charge < -0.3 is 20.1 Å². The minimum atomic E-state index is 0.0323. The van der Waals surface area contributed by atoms with E-state index in [1.165, 1.54) is 5.56 Å². The van der Waals surface area contributed by atoms with Gasteiger partial charge in [-0.05, 0) is 31.2 Å². The van der Waals surface area contributed by atoms with Crippen molar-refractivity contribution in [3.63, 3.8) is 0 Å². The van der Waals surface area contributed by atoms with Crippen molar-refractivity contribution in [2.24, 2.45) is 0 Å². The normalized spacial score (nSPS) is 12.4.